The van der Waals surface area contributed by atoms with Crippen LogP contribution in [0.25, 0.3) is 11.5 Å². The van der Waals surface area contributed by atoms with E-state index in [1.807, 2.05) is 18.4 Å². The maximum Gasteiger partial charge on any atom is 0.374 e. The van der Waals surface area contributed by atoms with E-state index in [2.05, 4.69) is 35.5 Å². The Labute approximate surface area is 187 Å². The van der Waals surface area contributed by atoms with E-state index < -0.39 is 17.7 Å². The van der Waals surface area contributed by atoms with E-state index in [4.69, 9.17) is 9.84 Å². The minimum Gasteiger partial charge on any atom is -0.475 e. The van der Waals surface area contributed by atoms with Gasteiger partial charge in [-0.15, -0.1) is 10.2 Å². The van der Waals surface area contributed by atoms with Gasteiger partial charge in [-0.2, -0.15) is 4.98 Å². The van der Waals surface area contributed by atoms with Crippen LogP contribution in [0.15, 0.2) is 55.1 Å². The molecule has 0 bridgehead atoms. The van der Waals surface area contributed by atoms with E-state index in [1.54, 1.807) is 24.5 Å². The highest BCUT2D eigenvalue weighted by Gasteiger charge is 2.15. The zero-order valence-electron chi connectivity index (χ0n) is 17.6. The number of amides is 1. The lowest BCUT2D eigenvalue weighted by molar-refractivity contribution is 0.0682. The lowest BCUT2D eigenvalue weighted by atomic mass is 10.3. The van der Waals surface area contributed by atoms with Crippen LogP contribution in [0.5, 0.6) is 11.6 Å². The Morgan fingerprint density at radius 1 is 1.09 bits per heavy atom. The molecule has 0 aromatic carbocycles. The van der Waals surface area contributed by atoms with Gasteiger partial charge in [0.15, 0.2) is 5.82 Å². The van der Waals surface area contributed by atoms with Gasteiger partial charge in [-0.05, 0) is 32.0 Å². The highest BCUT2D eigenvalue weighted by atomic mass is 16.5. The molecule has 12 nitrogen and oxygen atoms in total. The fourth-order valence-electron chi connectivity index (χ4n) is 2.83. The Hall–Kier alpha value is -4.74. The Kier molecular flexibility index (Phi) is 5.98. The molecule has 0 aliphatic rings. The van der Waals surface area contributed by atoms with Crippen molar-refractivity contribution >= 4 is 17.7 Å². The summed E-state index contributed by atoms with van der Waals surface area (Å²) in [6.07, 6.45) is 4.28. The lowest BCUT2D eigenvalue weighted by Crippen LogP contribution is -2.15. The van der Waals surface area contributed by atoms with Crippen molar-refractivity contribution in [2.24, 2.45) is 0 Å². The lowest BCUT2D eigenvalue weighted by Gasteiger charge is -2.11. The van der Waals surface area contributed by atoms with Crippen molar-refractivity contribution in [3.63, 3.8) is 0 Å². The van der Waals surface area contributed by atoms with E-state index in [9.17, 15) is 9.59 Å². The number of nitrogens with zero attached hydrogens (tertiary/aromatic N) is 7. The van der Waals surface area contributed by atoms with E-state index in [0.29, 0.717) is 17.3 Å². The molecule has 0 radical (unpaired) electrons. The van der Waals surface area contributed by atoms with E-state index in [1.165, 1.54) is 30.6 Å². The van der Waals surface area contributed by atoms with Gasteiger partial charge in [0.25, 0.3) is 5.91 Å². The van der Waals surface area contributed by atoms with Crippen molar-refractivity contribution in [1.29, 1.82) is 0 Å². The number of hydrogen-bond acceptors (Lipinski definition) is 9. The van der Waals surface area contributed by atoms with E-state index in [0.717, 1.165) is 0 Å². The molecule has 4 rings (SSSR count). The smallest absolute Gasteiger partial charge is 0.374 e. The number of anilines is 1. The van der Waals surface area contributed by atoms with Gasteiger partial charge in [0.05, 0.1) is 0 Å². The van der Waals surface area contributed by atoms with Gasteiger partial charge >= 0.3 is 5.97 Å². The van der Waals surface area contributed by atoms with Crippen LogP contribution >= 0.6 is 0 Å². The zero-order valence-corrected chi connectivity index (χ0v) is 17.6. The molecule has 12 heteroatoms. The number of ether oxygens (including phenoxy) is 1. The van der Waals surface area contributed by atoms with Gasteiger partial charge < -0.3 is 19.7 Å². The number of aromatic carboxylic acids is 1. The number of nitrogens with one attached hydrogen (secondary N) is 1. The molecule has 0 fully saturated rings. The van der Waals surface area contributed by atoms with Crippen molar-refractivity contribution in [1.82, 2.24) is 34.7 Å². The fraction of sp³-hybridized carbons (Fsp3) is 0.143. The molecule has 2 N–H and O–H groups in total. The molecule has 0 spiro atoms. The first kappa shape index (κ1) is 21.5. The monoisotopic (exact) mass is 446 g/mol. The minimum atomic E-state index is -1.28. The summed E-state index contributed by atoms with van der Waals surface area (Å²) in [5.74, 6) is -1.04. The molecule has 166 valence electrons. The molecule has 4 aromatic heterocycles. The summed E-state index contributed by atoms with van der Waals surface area (Å²) in [4.78, 5) is 39.7. The van der Waals surface area contributed by atoms with Crippen molar-refractivity contribution < 1.29 is 19.4 Å². The van der Waals surface area contributed by atoms with Crippen LogP contribution < -0.4 is 10.1 Å². The predicted octanol–water partition coefficient (Wildman–Crippen LogP) is 2.85. The highest BCUT2D eigenvalue weighted by Crippen LogP contribution is 2.21. The van der Waals surface area contributed by atoms with Crippen LogP contribution in [0.3, 0.4) is 0 Å². The number of hydrogen-bond donors (Lipinski definition) is 2. The molecule has 0 saturated carbocycles. The maximum absolute atomic E-state index is 12.7. The topological polar surface area (TPSA) is 158 Å². The number of carbonyl (C=O) groups excluding carboxylic acids is 1. The fourth-order valence-corrected chi connectivity index (χ4v) is 2.83. The second kappa shape index (κ2) is 9.18. The Bertz CT molecular complexity index is 1320. The van der Waals surface area contributed by atoms with E-state index in [-0.39, 0.29) is 23.4 Å². The Morgan fingerprint density at radius 3 is 2.70 bits per heavy atom. The summed E-state index contributed by atoms with van der Waals surface area (Å²) in [5.41, 5.74) is 0.625. The summed E-state index contributed by atoms with van der Waals surface area (Å²) in [7, 11) is 0. The van der Waals surface area contributed by atoms with Crippen LogP contribution in [0, 0.1) is 0 Å². The van der Waals surface area contributed by atoms with Gasteiger partial charge in [-0.1, -0.05) is 6.07 Å². The average molecular weight is 446 g/mol. The Balaban J connectivity index is 1.51. The standard InChI is InChI=1S/C21H18N8O4/c1-12(2)29-11-24-28-19(29)14-4-3-5-16(25-14)26-20(30)15-10-13(6-8-22-15)33-17-7-9-23-18(27-17)21(31)32/h3-12H,1-2H3,(H,31,32)(H,25,26,30). The molecular formula is C21H18N8O4. The number of carboxylic acids is 1. The van der Waals surface area contributed by atoms with Gasteiger partial charge in [-0.25, -0.2) is 14.8 Å². The molecule has 4 heterocycles. The summed E-state index contributed by atoms with van der Waals surface area (Å²) < 4.78 is 7.42. The van der Waals surface area contributed by atoms with Crippen molar-refractivity contribution in [3.05, 3.63) is 66.6 Å². The first-order chi connectivity index (χ1) is 15.9. The third-order valence-electron chi connectivity index (χ3n) is 4.36. The largest absolute Gasteiger partial charge is 0.475 e. The molecular weight excluding hydrogens is 428 g/mol. The van der Waals surface area contributed by atoms with Gasteiger partial charge in [0, 0.05) is 30.6 Å². The van der Waals surface area contributed by atoms with Crippen LogP contribution in [0.1, 0.15) is 41.0 Å². The molecule has 0 aliphatic heterocycles. The predicted molar refractivity (Wildman–Crippen MR) is 115 cm³/mol. The first-order valence-electron chi connectivity index (χ1n) is 9.79. The number of carboxylic acid groups (broad SMARTS) is 1. The SMILES string of the molecule is CC(C)n1cnnc1-c1cccc(NC(=O)c2cc(Oc3ccnc(C(=O)O)n3)ccn2)n1. The average Bonchev–Trinajstić information content (AvgIpc) is 3.30. The molecule has 0 aliphatic carbocycles. The molecule has 0 atom stereocenters. The Morgan fingerprint density at radius 2 is 1.91 bits per heavy atom. The molecule has 1 amide bonds. The third kappa shape index (κ3) is 4.95. The van der Waals surface area contributed by atoms with Crippen LogP contribution in [0.4, 0.5) is 5.82 Å². The summed E-state index contributed by atoms with van der Waals surface area (Å²) in [6.45, 7) is 4.01. The second-order valence-electron chi connectivity index (χ2n) is 7.02. The zero-order chi connectivity index (χ0) is 23.4. The number of pyridine rings is 2. The first-order valence-corrected chi connectivity index (χ1v) is 9.79. The van der Waals surface area contributed by atoms with Gasteiger partial charge in [0.1, 0.15) is 29.3 Å². The molecule has 0 unspecified atom stereocenters. The minimum absolute atomic E-state index is 0.0172. The van der Waals surface area contributed by atoms with Crippen molar-refractivity contribution in [2.45, 2.75) is 19.9 Å². The molecule has 33 heavy (non-hydrogen) atoms. The summed E-state index contributed by atoms with van der Waals surface area (Å²) in [5, 5.41) is 19.7. The third-order valence-corrected chi connectivity index (χ3v) is 4.36. The van der Waals surface area contributed by atoms with Gasteiger partial charge in [-0.3, -0.25) is 9.78 Å². The number of rotatable bonds is 7. The van der Waals surface area contributed by atoms with Crippen molar-refractivity contribution in [2.75, 3.05) is 5.32 Å². The molecule has 4 aromatic rings. The quantitative estimate of drug-likeness (QED) is 0.432. The summed E-state index contributed by atoms with van der Waals surface area (Å²) in [6, 6.07) is 9.62. The van der Waals surface area contributed by atoms with Crippen LogP contribution in [-0.4, -0.2) is 51.7 Å². The maximum atomic E-state index is 12.7. The summed E-state index contributed by atoms with van der Waals surface area (Å²) >= 11 is 0. The van der Waals surface area contributed by atoms with Crippen LogP contribution in [0.2, 0.25) is 0 Å². The van der Waals surface area contributed by atoms with E-state index >= 15 is 0 Å². The molecule has 0 saturated heterocycles. The second-order valence-corrected chi connectivity index (χ2v) is 7.02. The highest BCUT2D eigenvalue weighted by molar-refractivity contribution is 6.02. The number of aromatic nitrogens is 7. The normalized spacial score (nSPS) is 10.8. The van der Waals surface area contributed by atoms with Crippen molar-refractivity contribution in [3.8, 4) is 23.1 Å². The number of carbonyl (C=O) groups is 2. The van der Waals surface area contributed by atoms with Gasteiger partial charge in [0.2, 0.25) is 11.7 Å². The van der Waals surface area contributed by atoms with Crippen LogP contribution in [-0.2, 0) is 0 Å².